The molecule has 0 saturated heterocycles. The second-order valence-corrected chi connectivity index (χ2v) is 4.73. The highest BCUT2D eigenvalue weighted by molar-refractivity contribution is 6.42. The van der Waals surface area contributed by atoms with Crippen LogP contribution in [0.3, 0.4) is 0 Å². The molecule has 0 spiro atoms. The Morgan fingerprint density at radius 2 is 2.06 bits per heavy atom. The van der Waals surface area contributed by atoms with E-state index in [0.717, 1.165) is 5.56 Å². The fourth-order valence-corrected chi connectivity index (χ4v) is 2.07. The molecular weight excluding hydrogens is 282 g/mol. The van der Waals surface area contributed by atoms with Gasteiger partial charge in [-0.25, -0.2) is 4.98 Å². The average molecular weight is 292 g/mol. The van der Waals surface area contributed by atoms with Gasteiger partial charge in [-0.05, 0) is 12.1 Å². The molecule has 0 fully saturated rings. The summed E-state index contributed by atoms with van der Waals surface area (Å²) in [5.74, 6) is 0.585. The summed E-state index contributed by atoms with van der Waals surface area (Å²) in [6.07, 6.45) is 3.29. The van der Waals surface area contributed by atoms with Gasteiger partial charge in [0, 0.05) is 19.2 Å². The third kappa shape index (κ3) is 2.86. The Hall–Kier alpha value is -0.900. The number of furan rings is 1. The first kappa shape index (κ1) is 12.6. The molecular formula is C11H9Cl3N2O. The van der Waals surface area contributed by atoms with Crippen molar-refractivity contribution in [3.63, 3.8) is 0 Å². The molecule has 2 aromatic rings. The standard InChI is InChI=1S/C11H9Cl3N2O/c1-16(5-7-2-3-17-6-7)11-9(13)4-8(12)10(14)15-11/h2-4,6H,5H2,1H3. The van der Waals surface area contributed by atoms with Crippen LogP contribution in [0.2, 0.25) is 15.2 Å². The van der Waals surface area contributed by atoms with Crippen LogP contribution in [0, 0.1) is 0 Å². The fraction of sp³-hybridized carbons (Fsp3) is 0.182. The molecule has 2 heterocycles. The van der Waals surface area contributed by atoms with E-state index in [1.807, 2.05) is 18.0 Å². The molecule has 0 saturated carbocycles. The lowest BCUT2D eigenvalue weighted by Gasteiger charge is -2.18. The monoisotopic (exact) mass is 290 g/mol. The maximum absolute atomic E-state index is 6.07. The van der Waals surface area contributed by atoms with Gasteiger partial charge in [0.2, 0.25) is 0 Å². The molecule has 0 aliphatic rings. The van der Waals surface area contributed by atoms with E-state index in [0.29, 0.717) is 22.4 Å². The van der Waals surface area contributed by atoms with Crippen LogP contribution in [0.25, 0.3) is 0 Å². The number of aromatic nitrogens is 1. The van der Waals surface area contributed by atoms with Crippen LogP contribution in [0.1, 0.15) is 5.56 Å². The molecule has 0 unspecified atom stereocenters. The highest BCUT2D eigenvalue weighted by Gasteiger charge is 2.12. The Morgan fingerprint density at radius 3 is 2.71 bits per heavy atom. The largest absolute Gasteiger partial charge is 0.472 e. The minimum absolute atomic E-state index is 0.241. The van der Waals surface area contributed by atoms with Crippen molar-refractivity contribution in [3.05, 3.63) is 45.4 Å². The molecule has 2 rings (SSSR count). The average Bonchev–Trinajstić information content (AvgIpc) is 2.76. The Morgan fingerprint density at radius 1 is 1.29 bits per heavy atom. The van der Waals surface area contributed by atoms with Crippen LogP contribution in [0.15, 0.2) is 29.1 Å². The summed E-state index contributed by atoms with van der Waals surface area (Å²) in [4.78, 5) is 6.02. The Bertz CT molecular complexity index is 514. The second-order valence-electron chi connectivity index (χ2n) is 3.55. The van der Waals surface area contributed by atoms with Crippen molar-refractivity contribution in [2.45, 2.75) is 6.54 Å². The van der Waals surface area contributed by atoms with Gasteiger partial charge in [0.1, 0.15) is 11.0 Å². The number of pyridine rings is 1. The smallest absolute Gasteiger partial charge is 0.150 e. The van der Waals surface area contributed by atoms with Crippen LogP contribution < -0.4 is 4.90 Å². The number of anilines is 1. The zero-order chi connectivity index (χ0) is 12.4. The molecule has 0 N–H and O–H groups in total. The summed E-state index contributed by atoms with van der Waals surface area (Å²) in [6.45, 7) is 0.626. The van der Waals surface area contributed by atoms with Gasteiger partial charge in [-0.1, -0.05) is 34.8 Å². The number of rotatable bonds is 3. The second kappa shape index (κ2) is 5.17. The molecule has 0 radical (unpaired) electrons. The van der Waals surface area contributed by atoms with Crippen molar-refractivity contribution in [3.8, 4) is 0 Å². The van der Waals surface area contributed by atoms with Crippen molar-refractivity contribution in [1.29, 1.82) is 0 Å². The molecule has 0 bridgehead atoms. The van der Waals surface area contributed by atoms with Gasteiger partial charge in [-0.2, -0.15) is 0 Å². The Labute approximate surface area is 114 Å². The molecule has 3 nitrogen and oxygen atoms in total. The number of nitrogens with zero attached hydrogens (tertiary/aromatic N) is 2. The quantitative estimate of drug-likeness (QED) is 0.791. The van der Waals surface area contributed by atoms with Gasteiger partial charge in [0.05, 0.1) is 22.6 Å². The first-order valence-corrected chi connectivity index (χ1v) is 5.95. The lowest BCUT2D eigenvalue weighted by atomic mass is 10.3. The normalized spacial score (nSPS) is 10.6. The maximum atomic E-state index is 6.07. The third-order valence-electron chi connectivity index (χ3n) is 2.23. The minimum Gasteiger partial charge on any atom is -0.472 e. The summed E-state index contributed by atoms with van der Waals surface area (Å²) < 4.78 is 5.00. The highest BCUT2D eigenvalue weighted by atomic mass is 35.5. The highest BCUT2D eigenvalue weighted by Crippen LogP contribution is 2.31. The van der Waals surface area contributed by atoms with E-state index in [9.17, 15) is 0 Å². The van der Waals surface area contributed by atoms with Crippen molar-refractivity contribution >= 4 is 40.6 Å². The molecule has 0 aliphatic heterocycles. The number of halogens is 3. The van der Waals surface area contributed by atoms with Gasteiger partial charge in [0.25, 0.3) is 0 Å². The Balaban J connectivity index is 2.24. The van der Waals surface area contributed by atoms with Crippen LogP contribution >= 0.6 is 34.8 Å². The predicted octanol–water partition coefficient (Wildman–Crippen LogP) is 4.27. The Kier molecular flexibility index (Phi) is 3.82. The summed E-state index contributed by atoms with van der Waals surface area (Å²) >= 11 is 17.8. The summed E-state index contributed by atoms with van der Waals surface area (Å²) in [6, 6.07) is 3.46. The van der Waals surface area contributed by atoms with E-state index in [-0.39, 0.29) is 5.15 Å². The lowest BCUT2D eigenvalue weighted by molar-refractivity contribution is 0.563. The van der Waals surface area contributed by atoms with Crippen molar-refractivity contribution in [2.24, 2.45) is 0 Å². The van der Waals surface area contributed by atoms with Gasteiger partial charge >= 0.3 is 0 Å². The first-order valence-electron chi connectivity index (χ1n) is 4.81. The zero-order valence-electron chi connectivity index (χ0n) is 8.95. The van der Waals surface area contributed by atoms with E-state index >= 15 is 0 Å². The SMILES string of the molecule is CN(Cc1ccoc1)c1nc(Cl)c(Cl)cc1Cl. The van der Waals surface area contributed by atoms with E-state index in [1.54, 1.807) is 18.6 Å². The van der Waals surface area contributed by atoms with E-state index in [1.165, 1.54) is 0 Å². The van der Waals surface area contributed by atoms with Gasteiger partial charge < -0.3 is 9.32 Å². The molecule has 0 amide bonds. The van der Waals surface area contributed by atoms with Gasteiger partial charge in [-0.15, -0.1) is 0 Å². The minimum atomic E-state index is 0.241. The van der Waals surface area contributed by atoms with Gasteiger partial charge in [0.15, 0.2) is 0 Å². The van der Waals surface area contributed by atoms with Crippen molar-refractivity contribution in [1.82, 2.24) is 4.98 Å². The van der Waals surface area contributed by atoms with Crippen molar-refractivity contribution < 1.29 is 4.42 Å². The van der Waals surface area contributed by atoms with E-state index in [2.05, 4.69) is 4.98 Å². The lowest BCUT2D eigenvalue weighted by Crippen LogP contribution is -2.17. The fourth-order valence-electron chi connectivity index (χ4n) is 1.43. The van der Waals surface area contributed by atoms with Crippen LogP contribution in [0.4, 0.5) is 5.82 Å². The number of hydrogen-bond donors (Lipinski definition) is 0. The molecule has 17 heavy (non-hydrogen) atoms. The van der Waals surface area contributed by atoms with E-state index < -0.39 is 0 Å². The summed E-state index contributed by atoms with van der Waals surface area (Å²) in [5.41, 5.74) is 1.02. The van der Waals surface area contributed by atoms with Crippen LogP contribution in [-0.4, -0.2) is 12.0 Å². The first-order chi connectivity index (χ1) is 8.08. The topological polar surface area (TPSA) is 29.3 Å². The van der Waals surface area contributed by atoms with Crippen LogP contribution in [-0.2, 0) is 6.54 Å². The van der Waals surface area contributed by atoms with Gasteiger partial charge in [-0.3, -0.25) is 0 Å². The molecule has 6 heteroatoms. The molecule has 0 aromatic carbocycles. The molecule has 2 aromatic heterocycles. The maximum Gasteiger partial charge on any atom is 0.150 e. The van der Waals surface area contributed by atoms with Crippen LogP contribution in [0.5, 0.6) is 0 Å². The zero-order valence-corrected chi connectivity index (χ0v) is 11.2. The third-order valence-corrected chi connectivity index (χ3v) is 3.18. The molecule has 0 atom stereocenters. The van der Waals surface area contributed by atoms with Crippen molar-refractivity contribution in [2.75, 3.05) is 11.9 Å². The summed E-state index contributed by atoms with van der Waals surface area (Å²) in [7, 11) is 1.87. The number of hydrogen-bond acceptors (Lipinski definition) is 3. The van der Waals surface area contributed by atoms with E-state index in [4.69, 9.17) is 39.2 Å². The molecule has 0 aliphatic carbocycles. The summed E-state index contributed by atoms with van der Waals surface area (Å²) in [5, 5.41) is 1.05. The molecule has 90 valence electrons. The predicted molar refractivity (Wildman–Crippen MR) is 70.1 cm³/mol.